The van der Waals surface area contributed by atoms with Gasteiger partial charge in [-0.1, -0.05) is 67.1 Å². The maximum Gasteiger partial charge on any atom is 0.0350 e. The highest BCUT2D eigenvalue weighted by atomic mass is 31.1. The first-order valence-electron chi connectivity index (χ1n) is 7.08. The van der Waals surface area contributed by atoms with Crippen molar-refractivity contribution >= 4 is 18.5 Å². The van der Waals surface area contributed by atoms with E-state index >= 15 is 0 Å². The Kier molecular flexibility index (Phi) is 4.27. The van der Waals surface area contributed by atoms with Crippen molar-refractivity contribution in [2.24, 2.45) is 0 Å². The molecule has 0 saturated carbocycles. The Morgan fingerprint density at radius 2 is 1.37 bits per heavy atom. The fourth-order valence-corrected chi connectivity index (χ4v) is 5.50. The first-order valence-corrected chi connectivity index (χ1v) is 8.49. The molecule has 0 spiro atoms. The minimum atomic E-state index is -0.280. The molecule has 3 rings (SSSR count). The number of hydrogen-bond donors (Lipinski definition) is 1. The summed E-state index contributed by atoms with van der Waals surface area (Å²) in [6.07, 6.45) is 3.98. The van der Waals surface area contributed by atoms with E-state index in [2.05, 4.69) is 66.0 Å². The lowest BCUT2D eigenvalue weighted by molar-refractivity contribution is 0.488. The van der Waals surface area contributed by atoms with Crippen LogP contribution < -0.4 is 15.9 Å². The van der Waals surface area contributed by atoms with E-state index in [-0.39, 0.29) is 7.92 Å². The SMILES string of the molecule is c1ccc(P(c2ccccc2)C2CCCCN2)cc1. The fourth-order valence-electron chi connectivity index (χ4n) is 2.74. The van der Waals surface area contributed by atoms with Gasteiger partial charge in [0.25, 0.3) is 0 Å². The van der Waals surface area contributed by atoms with Crippen molar-refractivity contribution in [3.63, 3.8) is 0 Å². The molecule has 1 nitrogen and oxygen atoms in total. The van der Waals surface area contributed by atoms with E-state index in [4.69, 9.17) is 0 Å². The topological polar surface area (TPSA) is 12.0 Å². The zero-order chi connectivity index (χ0) is 12.9. The van der Waals surface area contributed by atoms with E-state index in [0.717, 1.165) is 0 Å². The van der Waals surface area contributed by atoms with Gasteiger partial charge in [0.05, 0.1) is 0 Å². The molecule has 1 saturated heterocycles. The molecule has 1 N–H and O–H groups in total. The number of nitrogens with one attached hydrogen (secondary N) is 1. The van der Waals surface area contributed by atoms with Gasteiger partial charge in [-0.05, 0) is 37.9 Å². The van der Waals surface area contributed by atoms with Crippen LogP contribution >= 0.6 is 7.92 Å². The number of piperidine rings is 1. The van der Waals surface area contributed by atoms with Crippen molar-refractivity contribution in [2.45, 2.75) is 25.0 Å². The summed E-state index contributed by atoms with van der Waals surface area (Å²) in [5.74, 6) is 0.633. The normalized spacial score (nSPS) is 19.5. The predicted molar refractivity (Wildman–Crippen MR) is 84.7 cm³/mol. The summed E-state index contributed by atoms with van der Waals surface area (Å²) in [6.45, 7) is 1.17. The van der Waals surface area contributed by atoms with Gasteiger partial charge in [-0.3, -0.25) is 0 Å². The van der Waals surface area contributed by atoms with Crippen molar-refractivity contribution in [1.82, 2.24) is 5.32 Å². The highest BCUT2D eigenvalue weighted by Crippen LogP contribution is 2.41. The van der Waals surface area contributed by atoms with Crippen LogP contribution in [0.15, 0.2) is 60.7 Å². The molecule has 0 aromatic heterocycles. The second kappa shape index (κ2) is 6.32. The van der Waals surface area contributed by atoms with Gasteiger partial charge in [0.1, 0.15) is 0 Å². The molecule has 1 fully saturated rings. The van der Waals surface area contributed by atoms with Crippen LogP contribution in [0.5, 0.6) is 0 Å². The summed E-state index contributed by atoms with van der Waals surface area (Å²) in [6, 6.07) is 22.0. The molecule has 1 heterocycles. The molecule has 1 aliphatic rings. The molecule has 2 aromatic rings. The first kappa shape index (κ1) is 12.8. The molecule has 19 heavy (non-hydrogen) atoms. The van der Waals surface area contributed by atoms with Crippen LogP contribution in [0.1, 0.15) is 19.3 Å². The average Bonchev–Trinajstić information content (AvgIpc) is 2.51. The van der Waals surface area contributed by atoms with Crippen LogP contribution in [0, 0.1) is 0 Å². The highest BCUT2D eigenvalue weighted by Gasteiger charge is 2.25. The summed E-state index contributed by atoms with van der Waals surface area (Å²) in [4.78, 5) is 0. The number of hydrogen-bond acceptors (Lipinski definition) is 1. The first-order chi connectivity index (χ1) is 9.45. The second-order valence-electron chi connectivity index (χ2n) is 5.01. The van der Waals surface area contributed by atoms with Gasteiger partial charge in [-0.15, -0.1) is 0 Å². The van der Waals surface area contributed by atoms with Crippen molar-refractivity contribution in [3.05, 3.63) is 60.7 Å². The Balaban J connectivity index is 1.96. The lowest BCUT2D eigenvalue weighted by Gasteiger charge is -2.32. The molecule has 1 unspecified atom stereocenters. The Bertz CT molecular complexity index is 452. The van der Waals surface area contributed by atoms with E-state index in [9.17, 15) is 0 Å². The lowest BCUT2D eigenvalue weighted by Crippen LogP contribution is -2.37. The Hall–Kier alpha value is -1.17. The minimum absolute atomic E-state index is 0.280. The second-order valence-corrected chi connectivity index (χ2v) is 7.40. The van der Waals surface area contributed by atoms with Gasteiger partial charge in [0, 0.05) is 5.78 Å². The van der Waals surface area contributed by atoms with Crippen LogP contribution in [0.25, 0.3) is 0 Å². The van der Waals surface area contributed by atoms with Crippen molar-refractivity contribution in [1.29, 1.82) is 0 Å². The molecule has 2 aromatic carbocycles. The molecule has 98 valence electrons. The van der Waals surface area contributed by atoms with E-state index in [1.54, 1.807) is 0 Å². The maximum atomic E-state index is 3.74. The third-order valence-electron chi connectivity index (χ3n) is 3.66. The quantitative estimate of drug-likeness (QED) is 0.844. The van der Waals surface area contributed by atoms with Gasteiger partial charge >= 0.3 is 0 Å². The molecular weight excluding hydrogens is 249 g/mol. The van der Waals surface area contributed by atoms with E-state index in [1.165, 1.54) is 36.4 Å². The standard InChI is InChI=1S/C17H20NP/c1-3-9-15(10-4-1)19(16-11-5-2-6-12-16)17-13-7-8-14-18-17/h1-6,9-12,17-18H,7-8,13-14H2. The molecule has 2 heteroatoms. The van der Waals surface area contributed by atoms with Crippen molar-refractivity contribution < 1.29 is 0 Å². The molecule has 0 radical (unpaired) electrons. The summed E-state index contributed by atoms with van der Waals surface area (Å²) in [5, 5.41) is 6.72. The van der Waals surface area contributed by atoms with Gasteiger partial charge in [0.15, 0.2) is 0 Å². The molecular formula is C17H20NP. The van der Waals surface area contributed by atoms with Gasteiger partial charge < -0.3 is 5.32 Å². The van der Waals surface area contributed by atoms with Crippen LogP contribution in [0.4, 0.5) is 0 Å². The molecule has 0 amide bonds. The van der Waals surface area contributed by atoms with Gasteiger partial charge in [0.2, 0.25) is 0 Å². The van der Waals surface area contributed by atoms with E-state index in [0.29, 0.717) is 5.78 Å². The zero-order valence-electron chi connectivity index (χ0n) is 11.1. The third-order valence-corrected chi connectivity index (χ3v) is 6.44. The number of rotatable bonds is 3. The summed E-state index contributed by atoms with van der Waals surface area (Å²) in [5.41, 5.74) is 0. The smallest absolute Gasteiger partial charge is 0.0350 e. The van der Waals surface area contributed by atoms with Crippen LogP contribution in [0.3, 0.4) is 0 Å². The Morgan fingerprint density at radius 1 is 0.789 bits per heavy atom. The van der Waals surface area contributed by atoms with Crippen LogP contribution in [-0.4, -0.2) is 12.3 Å². The highest BCUT2D eigenvalue weighted by molar-refractivity contribution is 7.73. The summed E-state index contributed by atoms with van der Waals surface area (Å²) >= 11 is 0. The Labute approximate surface area is 116 Å². The third kappa shape index (κ3) is 3.05. The maximum absolute atomic E-state index is 3.74. The lowest BCUT2D eigenvalue weighted by atomic mass is 10.2. The van der Waals surface area contributed by atoms with Gasteiger partial charge in [-0.25, -0.2) is 0 Å². The fraction of sp³-hybridized carbons (Fsp3) is 0.294. The molecule has 1 atom stereocenters. The molecule has 1 aliphatic heterocycles. The summed E-state index contributed by atoms with van der Waals surface area (Å²) < 4.78 is 0. The van der Waals surface area contributed by atoms with Crippen LogP contribution in [0.2, 0.25) is 0 Å². The monoisotopic (exact) mass is 269 g/mol. The van der Waals surface area contributed by atoms with Crippen molar-refractivity contribution in [3.8, 4) is 0 Å². The number of benzene rings is 2. The summed E-state index contributed by atoms with van der Waals surface area (Å²) in [7, 11) is -0.280. The predicted octanol–water partition coefficient (Wildman–Crippen LogP) is 3.22. The molecule has 0 aliphatic carbocycles. The van der Waals surface area contributed by atoms with E-state index in [1.807, 2.05) is 0 Å². The Morgan fingerprint density at radius 3 is 1.84 bits per heavy atom. The van der Waals surface area contributed by atoms with Crippen LogP contribution in [-0.2, 0) is 0 Å². The van der Waals surface area contributed by atoms with Gasteiger partial charge in [-0.2, -0.15) is 0 Å². The zero-order valence-corrected chi connectivity index (χ0v) is 12.0. The van der Waals surface area contributed by atoms with E-state index < -0.39 is 0 Å². The largest absolute Gasteiger partial charge is 0.310 e. The molecule has 0 bridgehead atoms. The average molecular weight is 269 g/mol. The van der Waals surface area contributed by atoms with Crippen molar-refractivity contribution in [2.75, 3.05) is 6.54 Å². The minimum Gasteiger partial charge on any atom is -0.310 e.